The molecule has 0 bridgehead atoms. The highest BCUT2D eigenvalue weighted by Gasteiger charge is 2.32. The second-order valence-corrected chi connectivity index (χ2v) is 6.44. The zero-order chi connectivity index (χ0) is 14.0. The fraction of sp³-hybridized carbons (Fsp3) is 0.625. The van der Waals surface area contributed by atoms with E-state index in [4.69, 9.17) is 4.74 Å². The van der Waals surface area contributed by atoms with Gasteiger partial charge in [-0.1, -0.05) is 32.0 Å². The van der Waals surface area contributed by atoms with E-state index in [1.54, 1.807) is 0 Å². The molecule has 1 atom stereocenters. The van der Waals surface area contributed by atoms with Gasteiger partial charge in [-0.05, 0) is 31.9 Å². The molecule has 0 spiro atoms. The van der Waals surface area contributed by atoms with Gasteiger partial charge < -0.3 is 15.2 Å². The molecular formula is C16H25NO2. The van der Waals surface area contributed by atoms with Gasteiger partial charge in [0.2, 0.25) is 0 Å². The number of hydrogen-bond acceptors (Lipinski definition) is 3. The number of fused-ring (bicyclic) bond motifs is 1. The molecular weight excluding hydrogens is 238 g/mol. The van der Waals surface area contributed by atoms with Crippen molar-refractivity contribution in [1.82, 2.24) is 5.32 Å². The minimum Gasteiger partial charge on any atom is -0.487 e. The Morgan fingerprint density at radius 1 is 1.32 bits per heavy atom. The third-order valence-electron chi connectivity index (χ3n) is 3.37. The van der Waals surface area contributed by atoms with Gasteiger partial charge in [-0.25, -0.2) is 0 Å². The highest BCUT2D eigenvalue weighted by atomic mass is 16.5. The topological polar surface area (TPSA) is 41.5 Å². The van der Waals surface area contributed by atoms with Crippen molar-refractivity contribution >= 4 is 0 Å². The van der Waals surface area contributed by atoms with Crippen LogP contribution in [0.1, 0.15) is 44.9 Å². The molecule has 3 nitrogen and oxygen atoms in total. The van der Waals surface area contributed by atoms with Crippen LogP contribution in [0.5, 0.6) is 5.75 Å². The van der Waals surface area contributed by atoms with Gasteiger partial charge in [0.1, 0.15) is 11.4 Å². The van der Waals surface area contributed by atoms with Crippen LogP contribution in [0.3, 0.4) is 0 Å². The molecule has 1 heterocycles. The van der Waals surface area contributed by atoms with Crippen LogP contribution in [-0.4, -0.2) is 23.8 Å². The number of ether oxygens (including phenoxy) is 1. The Bertz CT molecular complexity index is 440. The third-order valence-corrected chi connectivity index (χ3v) is 3.37. The SMILES string of the molecule is CC(C)CNCC(O)c1cccc2c1OC(C)(C)C2. The van der Waals surface area contributed by atoms with Crippen LogP contribution in [0.25, 0.3) is 0 Å². The van der Waals surface area contributed by atoms with E-state index >= 15 is 0 Å². The molecule has 0 aliphatic carbocycles. The van der Waals surface area contributed by atoms with Gasteiger partial charge in [0.05, 0.1) is 6.10 Å². The van der Waals surface area contributed by atoms with Gasteiger partial charge in [0.25, 0.3) is 0 Å². The van der Waals surface area contributed by atoms with E-state index in [0.717, 1.165) is 24.3 Å². The predicted octanol–water partition coefficient (Wildman–Crippen LogP) is 2.68. The summed E-state index contributed by atoms with van der Waals surface area (Å²) in [6.45, 7) is 9.97. The number of hydrogen-bond donors (Lipinski definition) is 2. The van der Waals surface area contributed by atoms with Crippen molar-refractivity contribution in [3.05, 3.63) is 29.3 Å². The lowest BCUT2D eigenvalue weighted by Gasteiger charge is -2.20. The van der Waals surface area contributed by atoms with Crippen LogP contribution in [0.15, 0.2) is 18.2 Å². The number of nitrogens with one attached hydrogen (secondary N) is 1. The molecule has 1 unspecified atom stereocenters. The second-order valence-electron chi connectivity index (χ2n) is 6.44. The number of benzene rings is 1. The molecule has 1 aromatic rings. The van der Waals surface area contributed by atoms with E-state index in [1.165, 1.54) is 5.56 Å². The fourth-order valence-corrected chi connectivity index (χ4v) is 2.52. The Labute approximate surface area is 116 Å². The van der Waals surface area contributed by atoms with Crippen LogP contribution in [-0.2, 0) is 6.42 Å². The molecule has 0 fully saturated rings. The molecule has 0 saturated heterocycles. The molecule has 0 radical (unpaired) electrons. The number of para-hydroxylation sites is 1. The molecule has 2 N–H and O–H groups in total. The van der Waals surface area contributed by atoms with Crippen LogP contribution in [0.4, 0.5) is 0 Å². The highest BCUT2D eigenvalue weighted by molar-refractivity contribution is 5.46. The first-order valence-electron chi connectivity index (χ1n) is 7.08. The summed E-state index contributed by atoms with van der Waals surface area (Å²) in [5.41, 5.74) is 1.94. The van der Waals surface area contributed by atoms with Gasteiger partial charge >= 0.3 is 0 Å². The standard InChI is InChI=1S/C16H25NO2/c1-11(2)9-17-10-14(18)13-7-5-6-12-8-16(3,4)19-15(12)13/h5-7,11,14,17-18H,8-10H2,1-4H3. The van der Waals surface area contributed by atoms with Crippen LogP contribution in [0, 0.1) is 5.92 Å². The highest BCUT2D eigenvalue weighted by Crippen LogP contribution is 2.39. The maximum atomic E-state index is 10.3. The van der Waals surface area contributed by atoms with Gasteiger partial charge in [-0.15, -0.1) is 0 Å². The van der Waals surface area contributed by atoms with E-state index in [0.29, 0.717) is 12.5 Å². The molecule has 1 aromatic carbocycles. The largest absolute Gasteiger partial charge is 0.487 e. The Balaban J connectivity index is 2.08. The van der Waals surface area contributed by atoms with Crippen molar-refractivity contribution in [3.8, 4) is 5.75 Å². The maximum Gasteiger partial charge on any atom is 0.129 e. The average molecular weight is 263 g/mol. The molecule has 0 aromatic heterocycles. The van der Waals surface area contributed by atoms with Crippen molar-refractivity contribution in [2.75, 3.05) is 13.1 Å². The Kier molecular flexibility index (Phi) is 4.16. The summed E-state index contributed by atoms with van der Waals surface area (Å²) in [6, 6.07) is 6.05. The van der Waals surface area contributed by atoms with Crippen LogP contribution < -0.4 is 10.1 Å². The quantitative estimate of drug-likeness (QED) is 0.858. The van der Waals surface area contributed by atoms with Gasteiger partial charge in [-0.2, -0.15) is 0 Å². The van der Waals surface area contributed by atoms with E-state index < -0.39 is 6.10 Å². The number of aliphatic hydroxyl groups is 1. The first-order chi connectivity index (χ1) is 8.89. The Morgan fingerprint density at radius 3 is 2.74 bits per heavy atom. The minimum absolute atomic E-state index is 0.163. The lowest BCUT2D eigenvalue weighted by molar-refractivity contribution is 0.125. The van der Waals surface area contributed by atoms with Crippen LogP contribution in [0.2, 0.25) is 0 Å². The fourth-order valence-electron chi connectivity index (χ4n) is 2.52. The summed E-state index contributed by atoms with van der Waals surface area (Å²) in [4.78, 5) is 0. The molecule has 0 saturated carbocycles. The van der Waals surface area contributed by atoms with Gasteiger partial charge in [-0.3, -0.25) is 0 Å². The molecule has 2 rings (SSSR count). The lowest BCUT2D eigenvalue weighted by Crippen LogP contribution is -2.26. The first-order valence-corrected chi connectivity index (χ1v) is 7.08. The average Bonchev–Trinajstić information content (AvgIpc) is 2.61. The maximum absolute atomic E-state index is 10.3. The summed E-state index contributed by atoms with van der Waals surface area (Å²) in [7, 11) is 0. The Morgan fingerprint density at radius 2 is 2.05 bits per heavy atom. The van der Waals surface area contributed by atoms with Gasteiger partial charge in [0, 0.05) is 18.5 Å². The van der Waals surface area contributed by atoms with Crippen molar-refractivity contribution in [2.45, 2.75) is 45.8 Å². The van der Waals surface area contributed by atoms with Crippen molar-refractivity contribution in [2.24, 2.45) is 5.92 Å². The summed E-state index contributed by atoms with van der Waals surface area (Å²) < 4.78 is 5.99. The predicted molar refractivity (Wildman–Crippen MR) is 77.5 cm³/mol. The van der Waals surface area contributed by atoms with E-state index in [9.17, 15) is 5.11 Å². The summed E-state index contributed by atoms with van der Waals surface area (Å²) in [6.07, 6.45) is 0.394. The second kappa shape index (κ2) is 5.51. The summed E-state index contributed by atoms with van der Waals surface area (Å²) in [5, 5.41) is 13.6. The zero-order valence-corrected chi connectivity index (χ0v) is 12.4. The normalized spacial score (nSPS) is 18.2. The molecule has 3 heteroatoms. The summed E-state index contributed by atoms with van der Waals surface area (Å²) in [5.74, 6) is 1.47. The summed E-state index contributed by atoms with van der Waals surface area (Å²) >= 11 is 0. The van der Waals surface area contributed by atoms with Crippen molar-refractivity contribution < 1.29 is 9.84 Å². The number of aliphatic hydroxyl groups excluding tert-OH is 1. The molecule has 0 amide bonds. The zero-order valence-electron chi connectivity index (χ0n) is 12.4. The molecule has 106 valence electrons. The lowest BCUT2D eigenvalue weighted by atomic mass is 9.99. The van der Waals surface area contributed by atoms with Crippen molar-refractivity contribution in [3.63, 3.8) is 0 Å². The van der Waals surface area contributed by atoms with Crippen LogP contribution >= 0.6 is 0 Å². The van der Waals surface area contributed by atoms with Gasteiger partial charge in [0.15, 0.2) is 0 Å². The molecule has 1 aliphatic heterocycles. The van der Waals surface area contributed by atoms with Crippen molar-refractivity contribution in [1.29, 1.82) is 0 Å². The minimum atomic E-state index is -0.511. The Hall–Kier alpha value is -1.06. The smallest absolute Gasteiger partial charge is 0.129 e. The van der Waals surface area contributed by atoms with E-state index in [-0.39, 0.29) is 5.60 Å². The molecule has 19 heavy (non-hydrogen) atoms. The van der Waals surface area contributed by atoms with E-state index in [2.05, 4.69) is 39.1 Å². The first kappa shape index (κ1) is 14.4. The number of rotatable bonds is 5. The van der Waals surface area contributed by atoms with E-state index in [1.807, 2.05) is 12.1 Å². The third kappa shape index (κ3) is 3.48. The monoisotopic (exact) mass is 263 g/mol. The molecule has 1 aliphatic rings.